The van der Waals surface area contributed by atoms with Crippen molar-refractivity contribution in [3.8, 4) is 0 Å². The van der Waals surface area contributed by atoms with Crippen LogP contribution in [-0.2, 0) is 14.4 Å². The van der Waals surface area contributed by atoms with E-state index in [0.29, 0.717) is 6.42 Å². The fraction of sp³-hybridized carbons (Fsp3) is 0.786. The minimum Gasteiger partial charge on any atom is -0.327 e. The number of amides is 3. The van der Waals surface area contributed by atoms with Crippen LogP contribution in [0.2, 0.25) is 0 Å². The Kier molecular flexibility index (Phi) is 3.86. The Morgan fingerprint density at radius 1 is 1.25 bits per heavy atom. The van der Waals surface area contributed by atoms with Crippen LogP contribution in [-0.4, -0.2) is 41.8 Å². The number of imide groups is 1. The first-order valence-electron chi connectivity index (χ1n) is 7.10. The summed E-state index contributed by atoms with van der Waals surface area (Å²) in [6.45, 7) is 6.10. The first-order chi connectivity index (χ1) is 9.23. The molecule has 2 rings (SSSR count). The molecule has 3 atom stereocenters. The third-order valence-corrected chi connectivity index (χ3v) is 5.06. The van der Waals surface area contributed by atoms with Gasteiger partial charge in [-0.25, -0.2) is 0 Å². The van der Waals surface area contributed by atoms with Crippen molar-refractivity contribution in [3.05, 3.63) is 0 Å². The van der Waals surface area contributed by atoms with Crippen molar-refractivity contribution < 1.29 is 14.4 Å². The minimum atomic E-state index is -0.409. The normalized spacial score (nSPS) is 33.8. The van der Waals surface area contributed by atoms with Crippen molar-refractivity contribution in [3.63, 3.8) is 0 Å². The molecule has 1 aliphatic heterocycles. The molecule has 0 aromatic rings. The number of nitrogens with one attached hydrogen (secondary N) is 1. The van der Waals surface area contributed by atoms with Crippen molar-refractivity contribution >= 4 is 17.7 Å². The summed E-state index contributed by atoms with van der Waals surface area (Å²) in [6.07, 6.45) is 1.51. The topological polar surface area (TPSA) is 92.5 Å². The number of hydrogen-bond acceptors (Lipinski definition) is 4. The Bertz CT molecular complexity index is 431. The van der Waals surface area contributed by atoms with Crippen LogP contribution in [0, 0.1) is 17.3 Å². The lowest BCUT2D eigenvalue weighted by molar-refractivity contribution is -0.152. The SMILES string of the molecule is CC1C(N)CCC(C(=O)N2CC(=O)NC(=O)C2)C1(C)C. The Balaban J connectivity index is 2.16. The van der Waals surface area contributed by atoms with Crippen LogP contribution in [0.25, 0.3) is 0 Å². The largest absolute Gasteiger partial charge is 0.327 e. The van der Waals surface area contributed by atoms with Gasteiger partial charge in [0, 0.05) is 12.0 Å². The minimum absolute atomic E-state index is 0.0302. The van der Waals surface area contributed by atoms with E-state index in [9.17, 15) is 14.4 Å². The molecule has 2 aliphatic rings. The molecule has 0 aromatic heterocycles. The van der Waals surface area contributed by atoms with Gasteiger partial charge in [-0.1, -0.05) is 20.8 Å². The molecule has 20 heavy (non-hydrogen) atoms. The van der Waals surface area contributed by atoms with Crippen molar-refractivity contribution in [1.82, 2.24) is 10.2 Å². The van der Waals surface area contributed by atoms with E-state index in [1.807, 2.05) is 13.8 Å². The second-order valence-electron chi connectivity index (χ2n) is 6.57. The number of nitrogens with two attached hydrogens (primary N) is 1. The van der Waals surface area contributed by atoms with E-state index in [2.05, 4.69) is 12.2 Å². The Hall–Kier alpha value is -1.43. The summed E-state index contributed by atoms with van der Waals surface area (Å²) in [4.78, 5) is 36.8. The molecule has 1 saturated carbocycles. The van der Waals surface area contributed by atoms with Gasteiger partial charge in [-0.3, -0.25) is 19.7 Å². The molecule has 3 unspecified atom stereocenters. The Morgan fingerprint density at radius 3 is 2.35 bits per heavy atom. The van der Waals surface area contributed by atoms with Gasteiger partial charge in [-0.2, -0.15) is 0 Å². The highest BCUT2D eigenvalue weighted by Gasteiger charge is 2.47. The van der Waals surface area contributed by atoms with E-state index in [4.69, 9.17) is 5.73 Å². The zero-order valence-electron chi connectivity index (χ0n) is 12.3. The number of nitrogens with zero attached hydrogens (tertiary/aromatic N) is 1. The number of piperazine rings is 1. The smallest absolute Gasteiger partial charge is 0.246 e. The molecule has 0 spiro atoms. The molecule has 112 valence electrons. The maximum atomic E-state index is 12.7. The Labute approximate surface area is 119 Å². The lowest BCUT2D eigenvalue weighted by Gasteiger charge is -2.47. The van der Waals surface area contributed by atoms with Crippen LogP contribution in [0.1, 0.15) is 33.6 Å². The molecule has 0 aromatic carbocycles. The lowest BCUT2D eigenvalue weighted by atomic mass is 9.60. The monoisotopic (exact) mass is 281 g/mol. The lowest BCUT2D eigenvalue weighted by Crippen LogP contribution is -2.58. The standard InChI is InChI=1S/C14H23N3O3/c1-8-10(15)5-4-9(14(8,2)3)13(20)17-6-11(18)16-12(19)7-17/h8-10H,4-7,15H2,1-3H3,(H,16,18,19). The summed E-state index contributed by atoms with van der Waals surface area (Å²) in [7, 11) is 0. The molecule has 2 fully saturated rings. The van der Waals surface area contributed by atoms with E-state index in [1.54, 1.807) is 0 Å². The van der Waals surface area contributed by atoms with E-state index in [1.165, 1.54) is 4.90 Å². The van der Waals surface area contributed by atoms with Gasteiger partial charge in [0.05, 0.1) is 0 Å². The van der Waals surface area contributed by atoms with E-state index in [-0.39, 0.29) is 42.3 Å². The summed E-state index contributed by atoms with van der Waals surface area (Å²) in [5, 5.41) is 2.21. The van der Waals surface area contributed by atoms with Crippen LogP contribution in [0.3, 0.4) is 0 Å². The summed E-state index contributed by atoms with van der Waals surface area (Å²) in [5.74, 6) is -0.881. The second kappa shape index (κ2) is 5.16. The molecule has 6 heteroatoms. The van der Waals surface area contributed by atoms with Crippen LogP contribution < -0.4 is 11.1 Å². The zero-order valence-corrected chi connectivity index (χ0v) is 12.3. The molecule has 6 nitrogen and oxygen atoms in total. The van der Waals surface area contributed by atoms with Crippen molar-refractivity contribution in [2.24, 2.45) is 23.0 Å². The first kappa shape index (κ1) is 15.0. The maximum absolute atomic E-state index is 12.7. The van der Waals surface area contributed by atoms with Gasteiger partial charge in [0.25, 0.3) is 0 Å². The van der Waals surface area contributed by atoms with Crippen molar-refractivity contribution in [2.75, 3.05) is 13.1 Å². The fourth-order valence-electron chi connectivity index (χ4n) is 3.31. The average Bonchev–Trinajstić information content (AvgIpc) is 2.34. The first-order valence-corrected chi connectivity index (χ1v) is 7.10. The van der Waals surface area contributed by atoms with Crippen LogP contribution in [0.15, 0.2) is 0 Å². The molecule has 3 N–H and O–H groups in total. The van der Waals surface area contributed by atoms with Gasteiger partial charge in [0.15, 0.2) is 0 Å². The number of carbonyl (C=O) groups is 3. The quantitative estimate of drug-likeness (QED) is 0.655. The van der Waals surface area contributed by atoms with Crippen LogP contribution in [0.5, 0.6) is 0 Å². The van der Waals surface area contributed by atoms with Gasteiger partial charge in [-0.05, 0) is 24.2 Å². The predicted molar refractivity (Wildman–Crippen MR) is 73.4 cm³/mol. The third-order valence-electron chi connectivity index (χ3n) is 5.06. The Morgan fingerprint density at radius 2 is 1.80 bits per heavy atom. The predicted octanol–water partition coefficient (Wildman–Crippen LogP) is -0.129. The highest BCUT2D eigenvalue weighted by Crippen LogP contribution is 2.45. The van der Waals surface area contributed by atoms with Crippen LogP contribution >= 0.6 is 0 Å². The average molecular weight is 281 g/mol. The second-order valence-corrected chi connectivity index (χ2v) is 6.57. The third kappa shape index (κ3) is 2.57. The van der Waals surface area contributed by atoms with Crippen molar-refractivity contribution in [2.45, 2.75) is 39.7 Å². The van der Waals surface area contributed by atoms with Gasteiger partial charge >= 0.3 is 0 Å². The number of hydrogen-bond donors (Lipinski definition) is 2. The summed E-state index contributed by atoms with van der Waals surface area (Å²) in [6, 6.07) is 0.0975. The highest BCUT2D eigenvalue weighted by molar-refractivity contribution is 6.02. The van der Waals surface area contributed by atoms with E-state index >= 15 is 0 Å². The molecular formula is C14H23N3O3. The number of rotatable bonds is 1. The summed E-state index contributed by atoms with van der Waals surface area (Å²) in [5.41, 5.74) is 5.87. The van der Waals surface area contributed by atoms with Gasteiger partial charge in [-0.15, -0.1) is 0 Å². The summed E-state index contributed by atoms with van der Waals surface area (Å²) < 4.78 is 0. The molecule has 0 radical (unpaired) electrons. The molecule has 1 heterocycles. The molecule has 0 bridgehead atoms. The van der Waals surface area contributed by atoms with Gasteiger partial charge in [0.2, 0.25) is 17.7 Å². The van der Waals surface area contributed by atoms with Crippen LogP contribution in [0.4, 0.5) is 0 Å². The van der Waals surface area contributed by atoms with Crippen molar-refractivity contribution in [1.29, 1.82) is 0 Å². The highest BCUT2D eigenvalue weighted by atomic mass is 16.2. The molecule has 1 saturated heterocycles. The molecular weight excluding hydrogens is 258 g/mol. The maximum Gasteiger partial charge on any atom is 0.246 e. The van der Waals surface area contributed by atoms with E-state index < -0.39 is 11.8 Å². The fourth-order valence-corrected chi connectivity index (χ4v) is 3.31. The molecule has 3 amide bonds. The van der Waals surface area contributed by atoms with Gasteiger partial charge < -0.3 is 10.6 Å². The van der Waals surface area contributed by atoms with E-state index in [0.717, 1.165) is 6.42 Å². The molecule has 1 aliphatic carbocycles. The summed E-state index contributed by atoms with van der Waals surface area (Å²) >= 11 is 0. The number of carbonyl (C=O) groups excluding carboxylic acids is 3. The van der Waals surface area contributed by atoms with Gasteiger partial charge in [0.1, 0.15) is 13.1 Å². The zero-order chi connectivity index (χ0) is 15.1.